The van der Waals surface area contributed by atoms with Gasteiger partial charge in [-0.1, -0.05) is 23.9 Å². The van der Waals surface area contributed by atoms with Crippen LogP contribution in [0.4, 0.5) is 4.79 Å². The Bertz CT molecular complexity index is 460. The van der Waals surface area contributed by atoms with Crippen molar-refractivity contribution in [3.05, 3.63) is 29.8 Å². The van der Waals surface area contributed by atoms with Gasteiger partial charge in [-0.2, -0.15) is 0 Å². The number of carboxylic acids is 1. The van der Waals surface area contributed by atoms with E-state index in [0.29, 0.717) is 12.3 Å². The molecule has 0 bridgehead atoms. The third-order valence-electron chi connectivity index (χ3n) is 2.77. The van der Waals surface area contributed by atoms with Gasteiger partial charge in [0, 0.05) is 12.3 Å². The molecule has 1 fully saturated rings. The second-order valence-electron chi connectivity index (χ2n) is 3.91. The molecule has 1 heterocycles. The first-order valence-electron chi connectivity index (χ1n) is 5.41. The first-order chi connectivity index (χ1) is 8.61. The topological polar surface area (TPSA) is 66.8 Å². The van der Waals surface area contributed by atoms with Gasteiger partial charge < -0.3 is 14.7 Å². The minimum atomic E-state index is -0.957. The van der Waals surface area contributed by atoms with Crippen LogP contribution in [0, 0.1) is 0 Å². The van der Waals surface area contributed by atoms with Crippen molar-refractivity contribution >= 4 is 23.0 Å². The van der Waals surface area contributed by atoms with Gasteiger partial charge in [-0.3, -0.25) is 4.79 Å². The van der Waals surface area contributed by atoms with Crippen molar-refractivity contribution < 1.29 is 19.4 Å². The van der Waals surface area contributed by atoms with Crippen LogP contribution in [0.15, 0.2) is 24.3 Å². The quantitative estimate of drug-likeness (QED) is 0.901. The summed E-state index contributed by atoms with van der Waals surface area (Å²) in [5.74, 6) is 0.0853. The van der Waals surface area contributed by atoms with Crippen molar-refractivity contribution in [1.82, 2.24) is 4.90 Å². The SMILES string of the molecule is COc1ccc(CN2C(=O)SC[C@@H]2C(=O)O)cc1. The molecule has 0 aliphatic carbocycles. The summed E-state index contributed by atoms with van der Waals surface area (Å²) in [6.07, 6.45) is 0. The summed E-state index contributed by atoms with van der Waals surface area (Å²) in [6, 6.07) is 6.50. The highest BCUT2D eigenvalue weighted by Gasteiger charge is 2.36. The smallest absolute Gasteiger partial charge is 0.327 e. The summed E-state index contributed by atoms with van der Waals surface area (Å²) in [5.41, 5.74) is 0.887. The number of thioether (sulfide) groups is 1. The van der Waals surface area contributed by atoms with Crippen LogP contribution in [-0.2, 0) is 11.3 Å². The first kappa shape index (κ1) is 12.8. The number of carboxylic acid groups (broad SMARTS) is 1. The van der Waals surface area contributed by atoms with Gasteiger partial charge in [0.05, 0.1) is 7.11 Å². The summed E-state index contributed by atoms with van der Waals surface area (Å²) < 4.78 is 5.04. The number of methoxy groups -OCH3 is 1. The number of aliphatic carboxylic acids is 1. The van der Waals surface area contributed by atoms with E-state index in [9.17, 15) is 9.59 Å². The number of nitrogens with zero attached hydrogens (tertiary/aromatic N) is 1. The monoisotopic (exact) mass is 267 g/mol. The second-order valence-corrected chi connectivity index (χ2v) is 4.88. The Balaban J connectivity index is 2.11. The minimum absolute atomic E-state index is 0.182. The van der Waals surface area contributed by atoms with Gasteiger partial charge in [-0.15, -0.1) is 0 Å². The molecule has 1 saturated heterocycles. The maximum atomic E-state index is 11.6. The maximum absolute atomic E-state index is 11.6. The number of benzene rings is 1. The van der Waals surface area contributed by atoms with Crippen molar-refractivity contribution in [2.45, 2.75) is 12.6 Å². The highest BCUT2D eigenvalue weighted by Crippen LogP contribution is 2.26. The van der Waals surface area contributed by atoms with Gasteiger partial charge in [0.1, 0.15) is 11.8 Å². The molecule has 0 saturated carbocycles. The summed E-state index contributed by atoms with van der Waals surface area (Å²) in [6.45, 7) is 0.312. The van der Waals surface area contributed by atoms with Crippen molar-refractivity contribution in [1.29, 1.82) is 0 Å². The molecule has 5 nitrogen and oxygen atoms in total. The maximum Gasteiger partial charge on any atom is 0.327 e. The Morgan fingerprint density at radius 3 is 2.72 bits per heavy atom. The molecule has 1 aliphatic rings. The lowest BCUT2D eigenvalue weighted by atomic mass is 10.2. The molecule has 96 valence electrons. The van der Waals surface area contributed by atoms with Crippen LogP contribution in [-0.4, -0.2) is 40.1 Å². The number of hydrogen-bond donors (Lipinski definition) is 1. The summed E-state index contributed by atoms with van der Waals surface area (Å²) in [7, 11) is 1.58. The van der Waals surface area contributed by atoms with Crippen LogP contribution < -0.4 is 4.74 Å². The zero-order valence-corrected chi connectivity index (χ0v) is 10.6. The molecule has 6 heteroatoms. The number of hydrogen-bond acceptors (Lipinski definition) is 4. The fourth-order valence-electron chi connectivity index (χ4n) is 1.76. The van der Waals surface area contributed by atoms with E-state index in [0.717, 1.165) is 23.1 Å². The number of ether oxygens (including phenoxy) is 1. The van der Waals surface area contributed by atoms with Gasteiger partial charge in [0.15, 0.2) is 0 Å². The molecule has 18 heavy (non-hydrogen) atoms. The van der Waals surface area contributed by atoms with Gasteiger partial charge in [-0.25, -0.2) is 4.79 Å². The molecular weight excluding hydrogens is 254 g/mol. The zero-order valence-electron chi connectivity index (χ0n) is 9.83. The molecule has 1 aliphatic heterocycles. The van der Waals surface area contributed by atoms with Crippen LogP contribution in [0.1, 0.15) is 5.56 Å². The summed E-state index contributed by atoms with van der Waals surface area (Å²) >= 11 is 1.05. The van der Waals surface area contributed by atoms with Crippen LogP contribution in [0.5, 0.6) is 5.75 Å². The molecule has 1 amide bonds. The third kappa shape index (κ3) is 2.59. The Morgan fingerprint density at radius 2 is 2.17 bits per heavy atom. The molecule has 0 unspecified atom stereocenters. The van der Waals surface area contributed by atoms with E-state index in [4.69, 9.17) is 9.84 Å². The molecule has 0 spiro atoms. The normalized spacial score (nSPS) is 19.1. The molecule has 1 aromatic carbocycles. The van der Waals surface area contributed by atoms with Crippen LogP contribution >= 0.6 is 11.8 Å². The van der Waals surface area contributed by atoms with E-state index in [-0.39, 0.29) is 5.24 Å². The van der Waals surface area contributed by atoms with Crippen LogP contribution in [0.3, 0.4) is 0 Å². The molecular formula is C12H13NO4S. The largest absolute Gasteiger partial charge is 0.497 e. The minimum Gasteiger partial charge on any atom is -0.497 e. The van der Waals surface area contributed by atoms with E-state index in [2.05, 4.69) is 0 Å². The van der Waals surface area contributed by atoms with Crippen molar-refractivity contribution in [3.8, 4) is 5.75 Å². The Morgan fingerprint density at radius 1 is 1.50 bits per heavy atom. The van der Waals surface area contributed by atoms with E-state index >= 15 is 0 Å². The summed E-state index contributed by atoms with van der Waals surface area (Å²) in [4.78, 5) is 24.0. The zero-order chi connectivity index (χ0) is 13.1. The van der Waals surface area contributed by atoms with E-state index in [1.807, 2.05) is 12.1 Å². The van der Waals surface area contributed by atoms with E-state index in [1.165, 1.54) is 4.90 Å². The Kier molecular flexibility index (Phi) is 3.76. The van der Waals surface area contributed by atoms with E-state index in [1.54, 1.807) is 19.2 Å². The average molecular weight is 267 g/mol. The van der Waals surface area contributed by atoms with Gasteiger partial charge in [0.2, 0.25) is 0 Å². The number of carbonyl (C=O) groups is 2. The number of carbonyl (C=O) groups excluding carboxylic acids is 1. The van der Waals surface area contributed by atoms with Gasteiger partial charge in [-0.05, 0) is 17.7 Å². The third-order valence-corrected chi connectivity index (χ3v) is 3.74. The molecule has 2 rings (SSSR count). The van der Waals surface area contributed by atoms with Gasteiger partial charge >= 0.3 is 5.97 Å². The molecule has 0 aromatic heterocycles. The lowest BCUT2D eigenvalue weighted by Gasteiger charge is -2.20. The molecule has 1 atom stereocenters. The fourth-order valence-corrected chi connectivity index (χ4v) is 2.74. The molecule has 1 aromatic rings. The predicted molar refractivity (Wildman–Crippen MR) is 67.8 cm³/mol. The lowest BCUT2D eigenvalue weighted by molar-refractivity contribution is -0.141. The first-order valence-corrected chi connectivity index (χ1v) is 6.39. The highest BCUT2D eigenvalue weighted by molar-refractivity contribution is 8.13. The van der Waals surface area contributed by atoms with Crippen LogP contribution in [0.2, 0.25) is 0 Å². The van der Waals surface area contributed by atoms with Crippen molar-refractivity contribution in [2.24, 2.45) is 0 Å². The average Bonchev–Trinajstić information content (AvgIpc) is 2.72. The Labute approximate surface area is 109 Å². The van der Waals surface area contributed by atoms with E-state index < -0.39 is 12.0 Å². The number of rotatable bonds is 4. The van der Waals surface area contributed by atoms with Crippen molar-refractivity contribution in [3.63, 3.8) is 0 Å². The van der Waals surface area contributed by atoms with Gasteiger partial charge in [0.25, 0.3) is 5.24 Å². The second kappa shape index (κ2) is 5.30. The Hall–Kier alpha value is -1.69. The fraction of sp³-hybridized carbons (Fsp3) is 0.333. The molecule has 0 radical (unpaired) electrons. The molecule has 1 N–H and O–H groups in total. The van der Waals surface area contributed by atoms with Crippen molar-refractivity contribution in [2.75, 3.05) is 12.9 Å². The number of amides is 1. The van der Waals surface area contributed by atoms with Crippen LogP contribution in [0.25, 0.3) is 0 Å². The standard InChI is InChI=1S/C12H13NO4S/c1-17-9-4-2-8(3-5-9)6-13-10(11(14)15)7-18-12(13)16/h2-5,10H,6-7H2,1H3,(H,14,15)/t10-/m1/s1. The lowest BCUT2D eigenvalue weighted by Crippen LogP contribution is -2.38. The highest BCUT2D eigenvalue weighted by atomic mass is 32.2. The predicted octanol–water partition coefficient (Wildman–Crippen LogP) is 1.82. The summed E-state index contributed by atoms with van der Waals surface area (Å²) in [5, 5.41) is 8.85.